The number of hydrogen-bond donors (Lipinski definition) is 2. The highest BCUT2D eigenvalue weighted by molar-refractivity contribution is 7.98. The molecule has 0 aromatic heterocycles. The molecular weight excluding hydrogens is 456 g/mol. The molecule has 0 aliphatic heterocycles. The molecule has 0 spiro atoms. The number of thioether (sulfide) groups is 1. The van der Waals surface area contributed by atoms with Crippen LogP contribution in [-0.2, 0) is 21.2 Å². The van der Waals surface area contributed by atoms with E-state index in [2.05, 4.69) is 10.0 Å². The maximum Gasteiger partial charge on any atom is 0.241 e. The van der Waals surface area contributed by atoms with Crippen molar-refractivity contribution in [1.82, 2.24) is 10.0 Å². The van der Waals surface area contributed by atoms with Gasteiger partial charge in [0.05, 0.1) is 11.0 Å². The van der Waals surface area contributed by atoms with Crippen LogP contribution in [0.1, 0.15) is 44.7 Å². The number of hydrogen-bond acceptors (Lipinski definition) is 5. The topological polar surface area (TPSA) is 84.5 Å². The van der Waals surface area contributed by atoms with Crippen molar-refractivity contribution in [2.24, 2.45) is 0 Å². The third-order valence-corrected chi connectivity index (χ3v) is 7.24. The number of carbonyl (C=O) groups excluding carboxylic acids is 1. The molecule has 0 bridgehead atoms. The van der Waals surface area contributed by atoms with Gasteiger partial charge in [-0.2, -0.15) is 16.5 Å². The molecular formula is C25H36N2O4S2. The van der Waals surface area contributed by atoms with Crippen molar-refractivity contribution in [3.05, 3.63) is 59.7 Å². The molecule has 0 saturated carbocycles. The molecule has 2 N–H and O–H groups in total. The number of amides is 1. The van der Waals surface area contributed by atoms with Gasteiger partial charge in [-0.05, 0) is 88.8 Å². The van der Waals surface area contributed by atoms with Crippen LogP contribution >= 0.6 is 11.8 Å². The molecule has 2 unspecified atom stereocenters. The van der Waals surface area contributed by atoms with E-state index in [4.69, 9.17) is 4.74 Å². The first-order valence-electron chi connectivity index (χ1n) is 11.2. The van der Waals surface area contributed by atoms with Crippen molar-refractivity contribution in [2.45, 2.75) is 70.0 Å². The summed E-state index contributed by atoms with van der Waals surface area (Å²) in [5, 5.41) is 2.98. The molecule has 0 radical (unpaired) electrons. The highest BCUT2D eigenvalue weighted by Gasteiger charge is 2.26. The zero-order valence-corrected chi connectivity index (χ0v) is 21.8. The zero-order valence-electron chi connectivity index (χ0n) is 20.1. The summed E-state index contributed by atoms with van der Waals surface area (Å²) >= 11 is 1.58. The van der Waals surface area contributed by atoms with Crippen LogP contribution in [0.3, 0.4) is 0 Å². The lowest BCUT2D eigenvalue weighted by Crippen LogP contribution is -2.49. The molecule has 2 aromatic carbocycles. The van der Waals surface area contributed by atoms with E-state index in [1.54, 1.807) is 36.0 Å². The number of sulfonamides is 1. The van der Waals surface area contributed by atoms with Gasteiger partial charge in [-0.25, -0.2) is 8.42 Å². The fourth-order valence-electron chi connectivity index (χ4n) is 3.26. The lowest BCUT2D eigenvalue weighted by molar-refractivity contribution is -0.123. The normalized spacial score (nSPS) is 13.5. The fraction of sp³-hybridized carbons (Fsp3) is 0.480. The van der Waals surface area contributed by atoms with Gasteiger partial charge in [0.2, 0.25) is 15.9 Å². The van der Waals surface area contributed by atoms with E-state index < -0.39 is 16.1 Å². The summed E-state index contributed by atoms with van der Waals surface area (Å²) in [7, 11) is -3.79. The first-order chi connectivity index (χ1) is 15.6. The smallest absolute Gasteiger partial charge is 0.241 e. The monoisotopic (exact) mass is 492 g/mol. The summed E-state index contributed by atoms with van der Waals surface area (Å²) in [6.45, 7) is 7.82. The molecule has 6 nitrogen and oxygen atoms in total. The van der Waals surface area contributed by atoms with E-state index in [0.717, 1.165) is 29.7 Å². The van der Waals surface area contributed by atoms with Crippen LogP contribution in [0.25, 0.3) is 0 Å². The van der Waals surface area contributed by atoms with Gasteiger partial charge in [0, 0.05) is 6.04 Å². The molecule has 0 saturated heterocycles. The summed E-state index contributed by atoms with van der Waals surface area (Å²) in [6.07, 6.45) is 4.03. The molecule has 0 aliphatic rings. The van der Waals surface area contributed by atoms with Crippen LogP contribution in [0.4, 0.5) is 0 Å². The standard InChI is InChI=1S/C25H36N2O4S2/c1-18(2)31-22-12-10-21(11-13-22)9-8-20(4)26-25(28)24(16-17-32-5)27-33(29,30)23-14-6-19(3)7-15-23/h6-7,10-15,18,20,24,27H,8-9,16-17H2,1-5H3,(H,26,28). The van der Waals surface area contributed by atoms with Gasteiger partial charge in [0.15, 0.2) is 0 Å². The van der Waals surface area contributed by atoms with Crippen molar-refractivity contribution in [1.29, 1.82) is 0 Å². The predicted octanol–water partition coefficient (Wildman–Crippen LogP) is 4.32. The van der Waals surface area contributed by atoms with Crippen LogP contribution in [0.5, 0.6) is 5.75 Å². The third-order valence-electron chi connectivity index (χ3n) is 5.11. The average Bonchev–Trinajstić information content (AvgIpc) is 2.76. The molecule has 0 aliphatic carbocycles. The minimum Gasteiger partial charge on any atom is -0.491 e. The lowest BCUT2D eigenvalue weighted by atomic mass is 10.1. The van der Waals surface area contributed by atoms with Crippen molar-refractivity contribution >= 4 is 27.7 Å². The largest absolute Gasteiger partial charge is 0.491 e. The predicted molar refractivity (Wildman–Crippen MR) is 136 cm³/mol. The Balaban J connectivity index is 1.95. The minimum absolute atomic E-state index is 0.0928. The van der Waals surface area contributed by atoms with Crippen molar-refractivity contribution in [2.75, 3.05) is 12.0 Å². The van der Waals surface area contributed by atoms with E-state index in [9.17, 15) is 13.2 Å². The number of rotatable bonds is 13. The van der Waals surface area contributed by atoms with E-state index in [-0.39, 0.29) is 22.9 Å². The van der Waals surface area contributed by atoms with Gasteiger partial charge < -0.3 is 10.1 Å². The second kappa shape index (κ2) is 13.0. The molecule has 182 valence electrons. The summed E-state index contributed by atoms with van der Waals surface area (Å²) in [5.74, 6) is 1.22. The van der Waals surface area contributed by atoms with E-state index in [0.29, 0.717) is 12.2 Å². The Hall–Kier alpha value is -2.03. The second-order valence-corrected chi connectivity index (χ2v) is 11.2. The number of benzene rings is 2. The van der Waals surface area contributed by atoms with Crippen molar-refractivity contribution in [3.63, 3.8) is 0 Å². The number of carbonyl (C=O) groups is 1. The van der Waals surface area contributed by atoms with Gasteiger partial charge in [-0.15, -0.1) is 0 Å². The fourth-order valence-corrected chi connectivity index (χ4v) is 4.96. The molecule has 1 amide bonds. The molecule has 2 rings (SSSR count). The highest BCUT2D eigenvalue weighted by atomic mass is 32.2. The Morgan fingerprint density at radius 3 is 2.21 bits per heavy atom. The number of nitrogens with one attached hydrogen (secondary N) is 2. The van der Waals surface area contributed by atoms with Crippen LogP contribution in [0.15, 0.2) is 53.4 Å². The van der Waals surface area contributed by atoms with Crippen molar-refractivity contribution < 1.29 is 17.9 Å². The van der Waals surface area contributed by atoms with Gasteiger partial charge in [0.25, 0.3) is 0 Å². The van der Waals surface area contributed by atoms with Crippen LogP contribution in [-0.4, -0.2) is 44.5 Å². The quantitative estimate of drug-likeness (QED) is 0.435. The average molecular weight is 493 g/mol. The maximum atomic E-state index is 12.9. The minimum atomic E-state index is -3.79. The Kier molecular flexibility index (Phi) is 10.7. The van der Waals surface area contributed by atoms with Crippen LogP contribution < -0.4 is 14.8 Å². The summed E-state index contributed by atoms with van der Waals surface area (Å²) in [4.78, 5) is 13.1. The lowest BCUT2D eigenvalue weighted by Gasteiger charge is -2.21. The van der Waals surface area contributed by atoms with E-state index >= 15 is 0 Å². The Labute approximate surface area is 202 Å². The maximum absolute atomic E-state index is 12.9. The van der Waals surface area contributed by atoms with Crippen LogP contribution in [0.2, 0.25) is 0 Å². The van der Waals surface area contributed by atoms with Gasteiger partial charge in [-0.1, -0.05) is 29.8 Å². The first kappa shape index (κ1) is 27.2. The number of aryl methyl sites for hydroxylation is 2. The van der Waals surface area contributed by atoms with Gasteiger partial charge in [-0.3, -0.25) is 4.79 Å². The molecule has 33 heavy (non-hydrogen) atoms. The molecule has 2 aromatic rings. The Bertz CT molecular complexity index is 974. The molecule has 0 heterocycles. The Morgan fingerprint density at radius 2 is 1.64 bits per heavy atom. The summed E-state index contributed by atoms with van der Waals surface area (Å²) < 4.78 is 33.9. The zero-order chi connectivity index (χ0) is 24.4. The third kappa shape index (κ3) is 9.39. The van der Waals surface area contributed by atoms with E-state index in [1.807, 2.05) is 58.2 Å². The van der Waals surface area contributed by atoms with Crippen LogP contribution in [0, 0.1) is 6.92 Å². The second-order valence-electron chi connectivity index (χ2n) is 8.53. The van der Waals surface area contributed by atoms with E-state index in [1.165, 1.54) is 0 Å². The SMILES string of the molecule is CSCCC(NS(=O)(=O)c1ccc(C)cc1)C(=O)NC(C)CCc1ccc(OC(C)C)cc1. The Morgan fingerprint density at radius 1 is 1.00 bits per heavy atom. The number of ether oxygens (including phenoxy) is 1. The first-order valence-corrected chi connectivity index (χ1v) is 14.1. The highest BCUT2D eigenvalue weighted by Crippen LogP contribution is 2.16. The summed E-state index contributed by atoms with van der Waals surface area (Å²) in [6, 6.07) is 13.7. The molecule has 8 heteroatoms. The summed E-state index contributed by atoms with van der Waals surface area (Å²) in [5.41, 5.74) is 2.13. The van der Waals surface area contributed by atoms with Crippen molar-refractivity contribution in [3.8, 4) is 5.75 Å². The molecule has 0 fully saturated rings. The molecule has 2 atom stereocenters. The van der Waals surface area contributed by atoms with Gasteiger partial charge in [0.1, 0.15) is 11.8 Å². The van der Waals surface area contributed by atoms with Gasteiger partial charge >= 0.3 is 0 Å².